The van der Waals surface area contributed by atoms with Gasteiger partial charge in [0.2, 0.25) is 11.8 Å². The minimum atomic E-state index is -0.331. The summed E-state index contributed by atoms with van der Waals surface area (Å²) in [5, 5.41) is 20.7. The molecule has 3 rings (SSSR count). The molecule has 1 unspecified atom stereocenters. The molecule has 2 aliphatic heterocycles. The highest BCUT2D eigenvalue weighted by molar-refractivity contribution is 7.99. The number of carbonyl (C=O) groups excluding carboxylic acids is 2. The Hall–Kier alpha value is -2.63. The van der Waals surface area contributed by atoms with Gasteiger partial charge in [-0.05, 0) is 37.1 Å². The number of thioether (sulfide) groups is 1. The molecule has 0 aromatic heterocycles. The molecule has 0 bridgehead atoms. The number of hydrogen-bond acceptors (Lipinski definition) is 8. The van der Waals surface area contributed by atoms with Gasteiger partial charge in [0.25, 0.3) is 0 Å². The third-order valence-electron chi connectivity index (χ3n) is 5.15. The van der Waals surface area contributed by atoms with Crippen molar-refractivity contribution in [2.75, 3.05) is 43.1 Å². The van der Waals surface area contributed by atoms with Gasteiger partial charge in [-0.15, -0.1) is 11.8 Å². The zero-order chi connectivity index (χ0) is 21.3. The fourth-order valence-electron chi connectivity index (χ4n) is 3.44. The quantitative estimate of drug-likeness (QED) is 0.537. The van der Waals surface area contributed by atoms with Crippen LogP contribution in [0.4, 0.5) is 5.69 Å². The third kappa shape index (κ3) is 6.18. The normalized spacial score (nSPS) is 19.8. The van der Waals surface area contributed by atoms with Gasteiger partial charge in [0.1, 0.15) is 6.04 Å². The topological polar surface area (TPSA) is 124 Å². The first kappa shape index (κ1) is 22.1. The summed E-state index contributed by atoms with van der Waals surface area (Å²) in [6.07, 6.45) is 1.73. The average molecular weight is 428 g/mol. The molecule has 158 valence electrons. The Morgan fingerprint density at radius 2 is 1.90 bits per heavy atom. The van der Waals surface area contributed by atoms with Crippen molar-refractivity contribution in [3.8, 4) is 12.1 Å². The van der Waals surface area contributed by atoms with Crippen molar-refractivity contribution in [2.45, 2.75) is 24.9 Å². The van der Waals surface area contributed by atoms with E-state index in [4.69, 9.17) is 10.5 Å². The predicted octanol–water partition coefficient (Wildman–Crippen LogP) is 0.480. The van der Waals surface area contributed by atoms with Crippen molar-refractivity contribution in [1.82, 2.24) is 20.7 Å². The molecule has 2 fully saturated rings. The summed E-state index contributed by atoms with van der Waals surface area (Å²) >= 11 is 1.60. The standard InChI is InChI=1S/C20H25N7O2S/c21-9-15-1-3-16(4-2-15)24-19(28)12-26-7-5-17(6-8-26)25-23-11-20(29)27-14-30-13-18(27)10-22/h1-4,17-18,23,25H,5-8,11-14H2,(H,24,28). The maximum absolute atomic E-state index is 12.2. The van der Waals surface area contributed by atoms with Crippen molar-refractivity contribution < 1.29 is 9.59 Å². The van der Waals surface area contributed by atoms with Crippen LogP contribution in [0, 0.1) is 22.7 Å². The number of piperidine rings is 1. The second-order valence-electron chi connectivity index (χ2n) is 7.29. The van der Waals surface area contributed by atoms with Crippen LogP contribution in [0.3, 0.4) is 0 Å². The predicted molar refractivity (Wildman–Crippen MR) is 114 cm³/mol. The maximum Gasteiger partial charge on any atom is 0.239 e. The Kier molecular flexibility index (Phi) is 8.05. The van der Waals surface area contributed by atoms with E-state index in [-0.39, 0.29) is 30.4 Å². The summed E-state index contributed by atoms with van der Waals surface area (Å²) in [7, 11) is 0. The molecule has 3 N–H and O–H groups in total. The number of anilines is 1. The van der Waals surface area contributed by atoms with Crippen LogP contribution in [0.25, 0.3) is 0 Å². The van der Waals surface area contributed by atoms with Crippen LogP contribution in [0.2, 0.25) is 0 Å². The summed E-state index contributed by atoms with van der Waals surface area (Å²) in [5.41, 5.74) is 7.42. The molecule has 2 heterocycles. The number of nitrogens with one attached hydrogen (secondary N) is 3. The minimum Gasteiger partial charge on any atom is -0.325 e. The van der Waals surface area contributed by atoms with E-state index in [9.17, 15) is 9.59 Å². The van der Waals surface area contributed by atoms with Crippen LogP contribution in [-0.4, -0.2) is 71.5 Å². The van der Waals surface area contributed by atoms with E-state index in [1.165, 1.54) is 0 Å². The van der Waals surface area contributed by atoms with Gasteiger partial charge >= 0.3 is 0 Å². The van der Waals surface area contributed by atoms with Gasteiger partial charge in [0.05, 0.1) is 36.7 Å². The number of nitrogens with zero attached hydrogens (tertiary/aromatic N) is 4. The van der Waals surface area contributed by atoms with E-state index in [1.54, 1.807) is 40.9 Å². The molecule has 30 heavy (non-hydrogen) atoms. The van der Waals surface area contributed by atoms with Crippen LogP contribution in [0.15, 0.2) is 24.3 Å². The van der Waals surface area contributed by atoms with E-state index >= 15 is 0 Å². The Balaban J connectivity index is 1.31. The van der Waals surface area contributed by atoms with Gasteiger partial charge in [-0.3, -0.25) is 19.9 Å². The number of likely N-dealkylation sites (tertiary alicyclic amines) is 1. The van der Waals surface area contributed by atoms with Crippen LogP contribution in [0.5, 0.6) is 0 Å². The molecule has 0 radical (unpaired) electrons. The molecule has 2 saturated heterocycles. The zero-order valence-corrected chi connectivity index (χ0v) is 17.5. The van der Waals surface area contributed by atoms with E-state index in [1.807, 2.05) is 6.07 Å². The highest BCUT2D eigenvalue weighted by Crippen LogP contribution is 2.20. The van der Waals surface area contributed by atoms with E-state index in [2.05, 4.69) is 27.1 Å². The highest BCUT2D eigenvalue weighted by Gasteiger charge is 2.29. The first-order valence-corrected chi connectivity index (χ1v) is 11.0. The fourth-order valence-corrected chi connectivity index (χ4v) is 4.54. The van der Waals surface area contributed by atoms with Gasteiger partial charge in [0.15, 0.2) is 0 Å². The number of amides is 2. The summed E-state index contributed by atoms with van der Waals surface area (Å²) < 4.78 is 0. The molecule has 2 aliphatic rings. The Morgan fingerprint density at radius 3 is 2.57 bits per heavy atom. The van der Waals surface area contributed by atoms with Crippen LogP contribution in [-0.2, 0) is 9.59 Å². The monoisotopic (exact) mass is 427 g/mol. The summed E-state index contributed by atoms with van der Waals surface area (Å²) in [6.45, 7) is 2.05. The lowest BCUT2D eigenvalue weighted by molar-refractivity contribution is -0.130. The Labute approximate surface area is 180 Å². The maximum atomic E-state index is 12.2. The lowest BCUT2D eigenvalue weighted by Gasteiger charge is -2.32. The number of nitriles is 2. The number of hydrazine groups is 1. The number of rotatable bonds is 7. The van der Waals surface area contributed by atoms with Gasteiger partial charge in [0, 0.05) is 30.6 Å². The highest BCUT2D eigenvalue weighted by atomic mass is 32.2. The summed E-state index contributed by atoms with van der Waals surface area (Å²) in [6, 6.07) is 10.9. The van der Waals surface area contributed by atoms with Crippen molar-refractivity contribution >= 4 is 29.3 Å². The van der Waals surface area contributed by atoms with Gasteiger partial charge < -0.3 is 10.2 Å². The van der Waals surface area contributed by atoms with E-state index in [0.29, 0.717) is 29.4 Å². The number of carbonyl (C=O) groups is 2. The molecule has 10 heteroatoms. The van der Waals surface area contributed by atoms with Crippen LogP contribution < -0.4 is 16.2 Å². The Morgan fingerprint density at radius 1 is 1.17 bits per heavy atom. The molecule has 9 nitrogen and oxygen atoms in total. The van der Waals surface area contributed by atoms with E-state index in [0.717, 1.165) is 25.9 Å². The Bertz CT molecular complexity index is 825. The van der Waals surface area contributed by atoms with Crippen molar-refractivity contribution in [1.29, 1.82) is 10.5 Å². The van der Waals surface area contributed by atoms with Crippen molar-refractivity contribution in [3.05, 3.63) is 29.8 Å². The summed E-state index contributed by atoms with van der Waals surface area (Å²) in [5.74, 6) is 1.09. The minimum absolute atomic E-state index is 0.0732. The lowest BCUT2D eigenvalue weighted by Crippen LogP contribution is -2.51. The second-order valence-corrected chi connectivity index (χ2v) is 8.29. The van der Waals surface area contributed by atoms with Gasteiger partial charge in [-0.25, -0.2) is 5.43 Å². The van der Waals surface area contributed by atoms with Crippen molar-refractivity contribution in [2.24, 2.45) is 0 Å². The molecule has 2 amide bonds. The molecule has 0 spiro atoms. The molecular formula is C20H25N7O2S. The zero-order valence-electron chi connectivity index (χ0n) is 16.6. The third-order valence-corrected chi connectivity index (χ3v) is 6.16. The first-order valence-electron chi connectivity index (χ1n) is 9.86. The fraction of sp³-hybridized carbons (Fsp3) is 0.500. The molecule has 1 aromatic rings. The van der Waals surface area contributed by atoms with Crippen LogP contribution in [0.1, 0.15) is 18.4 Å². The average Bonchev–Trinajstić information content (AvgIpc) is 3.24. The smallest absolute Gasteiger partial charge is 0.239 e. The molecule has 0 aliphatic carbocycles. The summed E-state index contributed by atoms with van der Waals surface area (Å²) in [4.78, 5) is 28.1. The second kappa shape index (κ2) is 11.0. The molecular weight excluding hydrogens is 402 g/mol. The SMILES string of the molecule is N#Cc1ccc(NC(=O)CN2CCC(NNCC(=O)N3CSCC3C#N)CC2)cc1. The molecule has 1 aromatic carbocycles. The lowest BCUT2D eigenvalue weighted by atomic mass is 10.1. The number of benzene rings is 1. The van der Waals surface area contributed by atoms with Gasteiger partial charge in [-0.1, -0.05) is 0 Å². The van der Waals surface area contributed by atoms with Crippen molar-refractivity contribution in [3.63, 3.8) is 0 Å². The largest absolute Gasteiger partial charge is 0.325 e. The van der Waals surface area contributed by atoms with Crippen LogP contribution >= 0.6 is 11.8 Å². The van der Waals surface area contributed by atoms with Gasteiger partial charge in [-0.2, -0.15) is 10.5 Å². The molecule has 0 saturated carbocycles. The molecule has 1 atom stereocenters. The first-order chi connectivity index (χ1) is 14.6. The number of hydrogen-bond donors (Lipinski definition) is 3. The van der Waals surface area contributed by atoms with E-state index < -0.39 is 0 Å².